The highest BCUT2D eigenvalue weighted by molar-refractivity contribution is 5.93. The monoisotopic (exact) mass is 390 g/mol. The molecule has 3 heterocycles. The molecule has 0 aliphatic heterocycles. The van der Waals surface area contributed by atoms with E-state index in [-0.39, 0.29) is 0 Å². The van der Waals surface area contributed by atoms with E-state index < -0.39 is 11.2 Å². The van der Waals surface area contributed by atoms with Crippen LogP contribution in [0.15, 0.2) is 64.2 Å². The third-order valence-corrected chi connectivity index (χ3v) is 5.31. The van der Waals surface area contributed by atoms with E-state index in [9.17, 15) is 9.90 Å². The first-order valence-corrected chi connectivity index (χ1v) is 9.62. The van der Waals surface area contributed by atoms with E-state index >= 15 is 0 Å². The largest absolute Gasteiger partial charge is 0.423 e. The molecule has 0 radical (unpaired) electrons. The predicted molar refractivity (Wildman–Crippen MR) is 109 cm³/mol. The third kappa shape index (κ3) is 3.69. The van der Waals surface area contributed by atoms with Crippen LogP contribution in [-0.4, -0.2) is 25.1 Å². The molecule has 7 nitrogen and oxygen atoms in total. The Labute approximate surface area is 167 Å². The normalized spacial score (nSPS) is 11.8. The van der Waals surface area contributed by atoms with Crippen LogP contribution >= 0.6 is 0 Å². The summed E-state index contributed by atoms with van der Waals surface area (Å²) in [5.74, 6) is 0. The Bertz CT molecular complexity index is 1190. The number of rotatable bonds is 6. The summed E-state index contributed by atoms with van der Waals surface area (Å²) in [6, 6.07) is 11.0. The van der Waals surface area contributed by atoms with Crippen LogP contribution in [0.4, 0.5) is 0 Å². The summed E-state index contributed by atoms with van der Waals surface area (Å²) in [4.78, 5) is 16.2. The molecule has 0 spiro atoms. The van der Waals surface area contributed by atoms with Crippen LogP contribution in [0.25, 0.3) is 22.1 Å². The van der Waals surface area contributed by atoms with Gasteiger partial charge in [-0.2, -0.15) is 0 Å². The van der Waals surface area contributed by atoms with Crippen LogP contribution in [0, 0.1) is 0 Å². The van der Waals surface area contributed by atoms with Gasteiger partial charge in [0.25, 0.3) is 0 Å². The average Bonchev–Trinajstić information content (AvgIpc) is 3.22. The van der Waals surface area contributed by atoms with Gasteiger partial charge in [0, 0.05) is 35.0 Å². The Balaban J connectivity index is 1.69. The lowest BCUT2D eigenvalue weighted by Gasteiger charge is -2.21. The number of nitrogens with zero attached hydrogens (tertiary/aromatic N) is 4. The summed E-state index contributed by atoms with van der Waals surface area (Å²) >= 11 is 0. The van der Waals surface area contributed by atoms with Gasteiger partial charge < -0.3 is 9.52 Å². The van der Waals surface area contributed by atoms with Crippen molar-refractivity contribution in [3.05, 3.63) is 76.7 Å². The first-order valence-electron chi connectivity index (χ1n) is 9.62. The van der Waals surface area contributed by atoms with E-state index in [1.54, 1.807) is 23.3 Å². The fraction of sp³-hybridized carbons (Fsp3) is 0.273. The van der Waals surface area contributed by atoms with E-state index in [2.05, 4.69) is 15.3 Å². The maximum absolute atomic E-state index is 12.1. The highest BCUT2D eigenvalue weighted by Gasteiger charge is 2.28. The van der Waals surface area contributed by atoms with Crippen molar-refractivity contribution in [2.75, 3.05) is 0 Å². The molecule has 1 aromatic carbocycles. The number of fused-ring (bicyclic) bond motifs is 1. The maximum atomic E-state index is 12.1. The molecule has 7 heteroatoms. The second-order valence-electron chi connectivity index (χ2n) is 7.09. The zero-order valence-corrected chi connectivity index (χ0v) is 16.4. The number of benzene rings is 1. The van der Waals surface area contributed by atoms with Gasteiger partial charge in [-0.15, -0.1) is 5.10 Å². The van der Waals surface area contributed by atoms with Gasteiger partial charge >= 0.3 is 5.63 Å². The number of aliphatic hydroxyl groups is 1. The van der Waals surface area contributed by atoms with Crippen LogP contribution < -0.4 is 5.63 Å². The molecule has 0 unspecified atom stereocenters. The van der Waals surface area contributed by atoms with Gasteiger partial charge in [0.1, 0.15) is 16.9 Å². The molecule has 0 fully saturated rings. The van der Waals surface area contributed by atoms with Gasteiger partial charge in [0.05, 0.1) is 12.7 Å². The number of aromatic nitrogens is 4. The standard InChI is InChI=1S/C22H22N4O3/c1-3-22(28,4-2)20-14-26(25-24-20)13-15-7-8-17-18(16-6-5-9-23-12-16)11-21(27)29-19(17)10-15/h5-12,14,28H,3-4,13H2,1-2H3. The molecule has 4 rings (SSSR count). The molecule has 0 saturated carbocycles. The average molecular weight is 390 g/mol. The molecule has 148 valence electrons. The predicted octanol–water partition coefficient (Wildman–Crippen LogP) is 3.50. The number of hydrogen-bond donors (Lipinski definition) is 1. The quantitative estimate of drug-likeness (QED) is 0.507. The summed E-state index contributed by atoms with van der Waals surface area (Å²) in [6.45, 7) is 4.30. The van der Waals surface area contributed by atoms with Gasteiger partial charge in [-0.1, -0.05) is 37.3 Å². The van der Waals surface area contributed by atoms with Crippen molar-refractivity contribution in [3.8, 4) is 11.1 Å². The van der Waals surface area contributed by atoms with Crippen molar-refractivity contribution >= 4 is 11.0 Å². The van der Waals surface area contributed by atoms with E-state index in [4.69, 9.17) is 4.42 Å². The van der Waals surface area contributed by atoms with Crippen molar-refractivity contribution < 1.29 is 9.52 Å². The minimum atomic E-state index is -0.965. The maximum Gasteiger partial charge on any atom is 0.336 e. The second kappa shape index (κ2) is 7.60. The van der Waals surface area contributed by atoms with Gasteiger partial charge in [-0.25, -0.2) is 9.48 Å². The van der Waals surface area contributed by atoms with Crippen molar-refractivity contribution in [1.29, 1.82) is 0 Å². The highest BCUT2D eigenvalue weighted by Crippen LogP contribution is 2.28. The number of pyridine rings is 1. The fourth-order valence-corrected chi connectivity index (χ4v) is 3.45. The SMILES string of the molecule is CCC(O)(CC)c1cn(Cc2ccc3c(-c4cccnc4)cc(=O)oc3c2)nn1. The van der Waals surface area contributed by atoms with E-state index in [1.807, 2.05) is 44.2 Å². The Morgan fingerprint density at radius 2 is 2.00 bits per heavy atom. The van der Waals surface area contributed by atoms with Gasteiger partial charge in [-0.3, -0.25) is 4.98 Å². The van der Waals surface area contributed by atoms with Crippen molar-refractivity contribution in [3.63, 3.8) is 0 Å². The Morgan fingerprint density at radius 1 is 1.17 bits per heavy atom. The minimum absolute atomic E-state index is 0.410. The lowest BCUT2D eigenvalue weighted by atomic mass is 9.94. The molecule has 0 amide bonds. The van der Waals surface area contributed by atoms with E-state index in [0.29, 0.717) is 30.7 Å². The number of hydrogen-bond acceptors (Lipinski definition) is 6. The van der Waals surface area contributed by atoms with Crippen LogP contribution in [0.2, 0.25) is 0 Å². The molecule has 3 aromatic heterocycles. The molecular formula is C22H22N4O3. The Morgan fingerprint density at radius 3 is 2.72 bits per heavy atom. The molecule has 29 heavy (non-hydrogen) atoms. The molecular weight excluding hydrogens is 368 g/mol. The summed E-state index contributed by atoms with van der Waals surface area (Å²) in [6.07, 6.45) is 6.32. The van der Waals surface area contributed by atoms with Gasteiger partial charge in [0.2, 0.25) is 0 Å². The summed E-state index contributed by atoms with van der Waals surface area (Å²) in [7, 11) is 0. The molecule has 0 aliphatic carbocycles. The van der Waals surface area contributed by atoms with Gasteiger partial charge in [-0.05, 0) is 30.5 Å². The van der Waals surface area contributed by atoms with Crippen molar-refractivity contribution in [1.82, 2.24) is 20.0 Å². The van der Waals surface area contributed by atoms with Crippen LogP contribution in [-0.2, 0) is 12.1 Å². The third-order valence-electron chi connectivity index (χ3n) is 5.31. The Kier molecular flexibility index (Phi) is 4.98. The molecule has 0 aliphatic rings. The lowest BCUT2D eigenvalue weighted by Crippen LogP contribution is -2.23. The molecule has 1 N–H and O–H groups in total. The Hall–Kier alpha value is -3.32. The molecule has 4 aromatic rings. The first-order chi connectivity index (χ1) is 14.0. The van der Waals surface area contributed by atoms with Crippen molar-refractivity contribution in [2.24, 2.45) is 0 Å². The molecule has 0 saturated heterocycles. The molecule has 0 atom stereocenters. The van der Waals surface area contributed by atoms with E-state index in [0.717, 1.165) is 22.1 Å². The first kappa shape index (κ1) is 19.0. The van der Waals surface area contributed by atoms with E-state index in [1.165, 1.54) is 6.07 Å². The van der Waals surface area contributed by atoms with Crippen molar-refractivity contribution in [2.45, 2.75) is 38.8 Å². The summed E-state index contributed by atoms with van der Waals surface area (Å²) < 4.78 is 7.11. The minimum Gasteiger partial charge on any atom is -0.423 e. The van der Waals surface area contributed by atoms with Crippen LogP contribution in [0.1, 0.15) is 37.9 Å². The highest BCUT2D eigenvalue weighted by atomic mass is 16.4. The molecule has 0 bridgehead atoms. The lowest BCUT2D eigenvalue weighted by molar-refractivity contribution is 0.0239. The van der Waals surface area contributed by atoms with Crippen LogP contribution in [0.3, 0.4) is 0 Å². The zero-order valence-electron chi connectivity index (χ0n) is 16.4. The van der Waals surface area contributed by atoms with Crippen LogP contribution in [0.5, 0.6) is 0 Å². The summed E-state index contributed by atoms with van der Waals surface area (Å²) in [5.41, 5.74) is 2.26. The van der Waals surface area contributed by atoms with Gasteiger partial charge in [0.15, 0.2) is 0 Å². The smallest absolute Gasteiger partial charge is 0.336 e. The topological polar surface area (TPSA) is 94.0 Å². The fourth-order valence-electron chi connectivity index (χ4n) is 3.45. The second-order valence-corrected chi connectivity index (χ2v) is 7.09. The summed E-state index contributed by atoms with van der Waals surface area (Å²) in [5, 5.41) is 19.7. The zero-order chi connectivity index (χ0) is 20.4.